The molecule has 0 bridgehead atoms. The van der Waals surface area contributed by atoms with Gasteiger partial charge in [0, 0.05) is 31.4 Å². The molecule has 2 aromatic heterocycles. The van der Waals surface area contributed by atoms with Crippen molar-refractivity contribution in [3.63, 3.8) is 0 Å². The summed E-state index contributed by atoms with van der Waals surface area (Å²) in [4.78, 5) is 30.8. The molecule has 0 aliphatic heterocycles. The third-order valence-corrected chi connectivity index (χ3v) is 4.33. The third-order valence-electron chi connectivity index (χ3n) is 3.56. The number of amides is 1. The van der Waals surface area contributed by atoms with Crippen molar-refractivity contribution in [2.45, 2.75) is 6.54 Å². The molecule has 0 unspecified atom stereocenters. The molecule has 0 saturated heterocycles. The van der Waals surface area contributed by atoms with E-state index in [1.807, 2.05) is 0 Å². The minimum Gasteiger partial charge on any atom is -0.494 e. The molecule has 0 N–H and O–H groups in total. The van der Waals surface area contributed by atoms with E-state index in [0.717, 1.165) is 0 Å². The fraction of sp³-hybridized carbons (Fsp3) is 0.188. The molecule has 3 aromatic rings. The van der Waals surface area contributed by atoms with E-state index >= 15 is 0 Å². The topological polar surface area (TPSA) is 63.9 Å². The van der Waals surface area contributed by atoms with Gasteiger partial charge in [-0.25, -0.2) is 9.37 Å². The third kappa shape index (κ3) is 2.88. The lowest BCUT2D eigenvalue weighted by atomic mass is 10.2. The quantitative estimate of drug-likeness (QED) is 0.726. The summed E-state index contributed by atoms with van der Waals surface area (Å²) >= 11 is 1.31. The van der Waals surface area contributed by atoms with Crippen molar-refractivity contribution in [1.29, 1.82) is 0 Å². The van der Waals surface area contributed by atoms with Crippen LogP contribution in [0, 0.1) is 5.82 Å². The van der Waals surface area contributed by atoms with Crippen LogP contribution in [0.4, 0.5) is 4.39 Å². The lowest BCUT2D eigenvalue weighted by molar-refractivity contribution is 0.0782. The van der Waals surface area contributed by atoms with Gasteiger partial charge in [0.25, 0.3) is 11.5 Å². The maximum atomic E-state index is 13.7. The van der Waals surface area contributed by atoms with Gasteiger partial charge in [-0.15, -0.1) is 11.3 Å². The number of benzene rings is 1. The molecule has 1 aromatic carbocycles. The Kier molecular flexibility index (Phi) is 4.30. The maximum absolute atomic E-state index is 13.7. The number of hydrogen-bond acceptors (Lipinski definition) is 5. The predicted octanol–water partition coefficient (Wildman–Crippen LogP) is 2.18. The highest BCUT2D eigenvalue weighted by Gasteiger charge is 2.18. The molecule has 124 valence electrons. The van der Waals surface area contributed by atoms with Gasteiger partial charge in [-0.3, -0.25) is 14.0 Å². The average molecular weight is 347 g/mol. The molecule has 8 heteroatoms. The standard InChI is InChI=1S/C16H14FN3O3S/c1-19(9-10-3-4-13(23-2)12(17)7-10)14(21)11-8-18-16-20(15(11)22)5-6-24-16/h3-8H,9H2,1-2H3. The highest BCUT2D eigenvalue weighted by molar-refractivity contribution is 7.15. The summed E-state index contributed by atoms with van der Waals surface area (Å²) in [6.45, 7) is 0.158. The molecule has 24 heavy (non-hydrogen) atoms. The number of rotatable bonds is 4. The fourth-order valence-corrected chi connectivity index (χ4v) is 3.01. The Balaban J connectivity index is 1.85. The van der Waals surface area contributed by atoms with Crippen LogP contribution in [0.15, 0.2) is 40.8 Å². The number of halogens is 1. The number of ether oxygens (including phenoxy) is 1. The van der Waals surface area contributed by atoms with E-state index in [2.05, 4.69) is 4.98 Å². The van der Waals surface area contributed by atoms with Crippen molar-refractivity contribution >= 4 is 22.2 Å². The Morgan fingerprint density at radius 1 is 1.46 bits per heavy atom. The van der Waals surface area contributed by atoms with Crippen molar-refractivity contribution < 1.29 is 13.9 Å². The first-order valence-electron chi connectivity index (χ1n) is 7.04. The molecule has 3 rings (SSSR count). The number of carbonyl (C=O) groups is 1. The van der Waals surface area contributed by atoms with Crippen LogP contribution in [-0.4, -0.2) is 34.3 Å². The van der Waals surface area contributed by atoms with Gasteiger partial charge >= 0.3 is 0 Å². The molecule has 0 spiro atoms. The van der Waals surface area contributed by atoms with E-state index < -0.39 is 17.3 Å². The van der Waals surface area contributed by atoms with Crippen molar-refractivity contribution in [1.82, 2.24) is 14.3 Å². The Morgan fingerprint density at radius 3 is 2.96 bits per heavy atom. The summed E-state index contributed by atoms with van der Waals surface area (Å²) in [7, 11) is 2.93. The highest BCUT2D eigenvalue weighted by atomic mass is 32.1. The smallest absolute Gasteiger partial charge is 0.271 e. The number of hydrogen-bond donors (Lipinski definition) is 0. The van der Waals surface area contributed by atoms with Gasteiger partial charge in [0.2, 0.25) is 0 Å². The SMILES string of the molecule is COc1ccc(CN(C)C(=O)c2cnc3sccn3c2=O)cc1F. The van der Waals surface area contributed by atoms with E-state index in [4.69, 9.17) is 4.74 Å². The minimum atomic E-state index is -0.503. The second-order valence-corrected chi connectivity index (χ2v) is 6.04. The summed E-state index contributed by atoms with van der Waals surface area (Å²) in [5, 5.41) is 1.72. The van der Waals surface area contributed by atoms with Crippen LogP contribution in [-0.2, 0) is 6.54 Å². The molecule has 0 aliphatic carbocycles. The van der Waals surface area contributed by atoms with Gasteiger partial charge in [-0.05, 0) is 17.7 Å². The van der Waals surface area contributed by atoms with Crippen LogP contribution in [0.5, 0.6) is 5.75 Å². The molecule has 0 radical (unpaired) electrons. The van der Waals surface area contributed by atoms with Gasteiger partial charge in [0.1, 0.15) is 5.56 Å². The fourth-order valence-electron chi connectivity index (χ4n) is 2.33. The molecule has 0 aliphatic rings. The number of aromatic nitrogens is 2. The first-order chi connectivity index (χ1) is 11.5. The molecular formula is C16H14FN3O3S. The van der Waals surface area contributed by atoms with Crippen LogP contribution in [0.1, 0.15) is 15.9 Å². The maximum Gasteiger partial charge on any atom is 0.271 e. The largest absolute Gasteiger partial charge is 0.494 e. The van der Waals surface area contributed by atoms with Gasteiger partial charge < -0.3 is 9.64 Å². The molecular weight excluding hydrogens is 333 g/mol. The zero-order valence-electron chi connectivity index (χ0n) is 13.0. The average Bonchev–Trinajstić information content (AvgIpc) is 3.04. The number of fused-ring (bicyclic) bond motifs is 1. The van der Waals surface area contributed by atoms with E-state index in [9.17, 15) is 14.0 Å². The van der Waals surface area contributed by atoms with Gasteiger partial charge in [0.15, 0.2) is 16.5 Å². The predicted molar refractivity (Wildman–Crippen MR) is 88.1 cm³/mol. The van der Waals surface area contributed by atoms with Gasteiger partial charge in [-0.2, -0.15) is 0 Å². The minimum absolute atomic E-state index is 0.0256. The molecule has 2 heterocycles. The van der Waals surface area contributed by atoms with Gasteiger partial charge in [-0.1, -0.05) is 6.07 Å². The zero-order chi connectivity index (χ0) is 17.3. The van der Waals surface area contributed by atoms with Crippen molar-refractivity contribution in [2.24, 2.45) is 0 Å². The van der Waals surface area contributed by atoms with E-state index in [1.165, 1.54) is 46.1 Å². The number of thiazole rings is 1. The normalized spacial score (nSPS) is 10.8. The molecule has 1 amide bonds. The summed E-state index contributed by atoms with van der Waals surface area (Å²) in [6.07, 6.45) is 2.85. The monoisotopic (exact) mass is 347 g/mol. The van der Waals surface area contributed by atoms with Crippen LogP contribution >= 0.6 is 11.3 Å². The van der Waals surface area contributed by atoms with E-state index in [1.54, 1.807) is 24.7 Å². The first-order valence-corrected chi connectivity index (χ1v) is 7.92. The lowest BCUT2D eigenvalue weighted by Crippen LogP contribution is -2.32. The Hall–Kier alpha value is -2.74. The second-order valence-electron chi connectivity index (χ2n) is 5.16. The number of nitrogens with zero attached hydrogens (tertiary/aromatic N) is 3. The summed E-state index contributed by atoms with van der Waals surface area (Å²) in [5.41, 5.74) is 0.148. The Bertz CT molecular complexity index is 967. The van der Waals surface area contributed by atoms with Crippen molar-refractivity contribution in [2.75, 3.05) is 14.2 Å². The van der Waals surface area contributed by atoms with Crippen molar-refractivity contribution in [3.8, 4) is 5.75 Å². The summed E-state index contributed by atoms with van der Waals surface area (Å²) < 4.78 is 19.9. The van der Waals surface area contributed by atoms with Crippen LogP contribution in [0.25, 0.3) is 4.96 Å². The van der Waals surface area contributed by atoms with E-state index in [0.29, 0.717) is 10.5 Å². The second kappa shape index (κ2) is 6.40. The number of carbonyl (C=O) groups excluding carboxylic acids is 1. The Labute approximate surface area is 140 Å². The van der Waals surface area contributed by atoms with Gasteiger partial charge in [0.05, 0.1) is 7.11 Å². The van der Waals surface area contributed by atoms with E-state index in [-0.39, 0.29) is 17.9 Å². The molecule has 0 atom stereocenters. The molecule has 0 saturated carbocycles. The lowest BCUT2D eigenvalue weighted by Gasteiger charge is -2.17. The number of methoxy groups -OCH3 is 1. The first kappa shape index (κ1) is 16.1. The summed E-state index contributed by atoms with van der Waals surface area (Å²) in [6, 6.07) is 4.46. The summed E-state index contributed by atoms with van der Waals surface area (Å²) in [5.74, 6) is -0.834. The van der Waals surface area contributed by atoms with Crippen molar-refractivity contribution in [3.05, 3.63) is 63.3 Å². The Morgan fingerprint density at radius 2 is 2.25 bits per heavy atom. The zero-order valence-corrected chi connectivity index (χ0v) is 13.8. The van der Waals surface area contributed by atoms with Crippen LogP contribution in [0.2, 0.25) is 0 Å². The molecule has 0 fully saturated rings. The van der Waals surface area contributed by atoms with Crippen LogP contribution in [0.3, 0.4) is 0 Å². The molecule has 6 nitrogen and oxygen atoms in total. The highest BCUT2D eigenvalue weighted by Crippen LogP contribution is 2.18. The van der Waals surface area contributed by atoms with Crippen LogP contribution < -0.4 is 10.3 Å².